The number of aryl methyl sites for hydroxylation is 1. The predicted molar refractivity (Wildman–Crippen MR) is 153 cm³/mol. The molecule has 0 spiro atoms. The van der Waals surface area contributed by atoms with Gasteiger partial charge in [-0.05, 0) is 69.2 Å². The van der Waals surface area contributed by atoms with E-state index in [1.165, 1.54) is 24.1 Å². The summed E-state index contributed by atoms with van der Waals surface area (Å²) in [6, 6.07) is 21.2. The fourth-order valence-electron chi connectivity index (χ4n) is 3.94. The van der Waals surface area contributed by atoms with Crippen LogP contribution in [0.5, 0.6) is 5.75 Å². The topological polar surface area (TPSA) is 96.0 Å². The van der Waals surface area contributed by atoms with E-state index in [4.69, 9.17) is 4.74 Å². The highest BCUT2D eigenvalue weighted by atomic mass is 32.2. The van der Waals surface area contributed by atoms with Crippen LogP contribution in [-0.4, -0.2) is 50.9 Å². The molecule has 2 amide bonds. The van der Waals surface area contributed by atoms with Crippen LogP contribution in [0.4, 0.5) is 5.69 Å². The number of rotatable bonds is 12. The third-order valence-corrected chi connectivity index (χ3v) is 8.40. The van der Waals surface area contributed by atoms with E-state index in [0.717, 1.165) is 21.9 Å². The molecule has 2 atom stereocenters. The first kappa shape index (κ1) is 29.7. The lowest BCUT2D eigenvalue weighted by Gasteiger charge is -2.32. The van der Waals surface area contributed by atoms with Gasteiger partial charge in [0.1, 0.15) is 18.3 Å². The molecule has 0 radical (unpaired) electrons. The molecule has 1 N–H and O–H groups in total. The molecule has 0 aliphatic carbocycles. The zero-order valence-electron chi connectivity index (χ0n) is 23.1. The van der Waals surface area contributed by atoms with Crippen LogP contribution in [0.15, 0.2) is 83.8 Å². The van der Waals surface area contributed by atoms with E-state index in [-0.39, 0.29) is 23.4 Å². The number of nitrogens with one attached hydrogen (secondary N) is 1. The molecule has 0 aliphatic rings. The normalized spacial score (nSPS) is 12.7. The predicted octanol–water partition coefficient (Wildman–Crippen LogP) is 4.53. The highest BCUT2D eigenvalue weighted by Gasteiger charge is 2.32. The SMILES string of the molecule is CC[C@@H](C)NC(=O)[C@H](C)N(Cc1ccc(C)cc1)C(=O)CN(c1ccc(OC)cc1)S(=O)(=O)c1ccccc1. The Morgan fingerprint density at radius 1 is 0.923 bits per heavy atom. The fraction of sp³-hybridized carbons (Fsp3) is 0.333. The van der Waals surface area contributed by atoms with Crippen molar-refractivity contribution in [3.8, 4) is 5.75 Å². The zero-order valence-corrected chi connectivity index (χ0v) is 23.9. The highest BCUT2D eigenvalue weighted by Crippen LogP contribution is 2.26. The average molecular weight is 552 g/mol. The molecule has 0 fully saturated rings. The average Bonchev–Trinajstić information content (AvgIpc) is 2.95. The van der Waals surface area contributed by atoms with Crippen LogP contribution in [0.2, 0.25) is 0 Å². The van der Waals surface area contributed by atoms with E-state index < -0.39 is 28.5 Å². The lowest BCUT2D eigenvalue weighted by atomic mass is 10.1. The van der Waals surface area contributed by atoms with Gasteiger partial charge in [0.25, 0.3) is 10.0 Å². The number of amides is 2. The smallest absolute Gasteiger partial charge is 0.264 e. The molecule has 9 heteroatoms. The minimum absolute atomic E-state index is 0.0567. The number of hydrogen-bond donors (Lipinski definition) is 1. The summed E-state index contributed by atoms with van der Waals surface area (Å²) in [5, 5.41) is 2.93. The Kier molecular flexibility index (Phi) is 10.1. The van der Waals surface area contributed by atoms with Gasteiger partial charge in [0.15, 0.2) is 0 Å². The Hall–Kier alpha value is -3.85. The number of benzene rings is 3. The van der Waals surface area contributed by atoms with Gasteiger partial charge >= 0.3 is 0 Å². The molecule has 39 heavy (non-hydrogen) atoms. The zero-order chi connectivity index (χ0) is 28.6. The summed E-state index contributed by atoms with van der Waals surface area (Å²) in [7, 11) is -2.59. The van der Waals surface area contributed by atoms with Crippen molar-refractivity contribution in [1.29, 1.82) is 0 Å². The highest BCUT2D eigenvalue weighted by molar-refractivity contribution is 7.92. The Morgan fingerprint density at radius 2 is 1.54 bits per heavy atom. The molecule has 0 bridgehead atoms. The summed E-state index contributed by atoms with van der Waals surface area (Å²) in [6.45, 7) is 7.15. The molecular formula is C30H37N3O5S. The molecule has 3 aromatic carbocycles. The van der Waals surface area contributed by atoms with Crippen molar-refractivity contribution in [3.63, 3.8) is 0 Å². The number of sulfonamides is 1. The van der Waals surface area contributed by atoms with Gasteiger partial charge in [0, 0.05) is 12.6 Å². The second kappa shape index (κ2) is 13.3. The van der Waals surface area contributed by atoms with E-state index in [0.29, 0.717) is 11.4 Å². The number of hydrogen-bond acceptors (Lipinski definition) is 5. The molecule has 3 rings (SSSR count). The first-order chi connectivity index (χ1) is 18.6. The Labute approximate surface area is 231 Å². The van der Waals surface area contributed by atoms with Gasteiger partial charge in [-0.1, -0.05) is 55.0 Å². The van der Waals surface area contributed by atoms with Crippen molar-refractivity contribution in [3.05, 3.63) is 90.0 Å². The summed E-state index contributed by atoms with van der Waals surface area (Å²) < 4.78 is 33.8. The quantitative estimate of drug-likeness (QED) is 0.357. The third-order valence-electron chi connectivity index (χ3n) is 6.61. The van der Waals surface area contributed by atoms with E-state index in [1.807, 2.05) is 45.0 Å². The number of nitrogens with zero attached hydrogens (tertiary/aromatic N) is 2. The van der Waals surface area contributed by atoms with E-state index >= 15 is 0 Å². The van der Waals surface area contributed by atoms with Gasteiger partial charge in [0.2, 0.25) is 11.8 Å². The van der Waals surface area contributed by atoms with Crippen LogP contribution >= 0.6 is 0 Å². The molecule has 8 nitrogen and oxygen atoms in total. The minimum atomic E-state index is -4.11. The maximum Gasteiger partial charge on any atom is 0.264 e. The second-order valence-corrected chi connectivity index (χ2v) is 11.4. The molecule has 0 saturated heterocycles. The monoisotopic (exact) mass is 551 g/mol. The van der Waals surface area contributed by atoms with Crippen LogP contribution < -0.4 is 14.4 Å². The maximum absolute atomic E-state index is 13.9. The summed E-state index contributed by atoms with van der Waals surface area (Å²) in [6.07, 6.45) is 0.741. The van der Waals surface area contributed by atoms with Crippen molar-refractivity contribution >= 4 is 27.5 Å². The molecule has 0 unspecified atom stereocenters. The fourth-order valence-corrected chi connectivity index (χ4v) is 5.37. The van der Waals surface area contributed by atoms with Gasteiger partial charge in [0.05, 0.1) is 17.7 Å². The first-order valence-corrected chi connectivity index (χ1v) is 14.4. The number of carbonyl (C=O) groups excluding carboxylic acids is 2. The lowest BCUT2D eigenvalue weighted by Crippen LogP contribution is -2.52. The Balaban J connectivity index is 2.01. The summed E-state index contributed by atoms with van der Waals surface area (Å²) in [4.78, 5) is 28.5. The molecule has 0 heterocycles. The van der Waals surface area contributed by atoms with Gasteiger partial charge in [-0.3, -0.25) is 13.9 Å². The number of carbonyl (C=O) groups is 2. The Morgan fingerprint density at radius 3 is 2.10 bits per heavy atom. The number of methoxy groups -OCH3 is 1. The van der Waals surface area contributed by atoms with E-state index in [2.05, 4.69) is 5.32 Å². The molecule has 0 aliphatic heterocycles. The van der Waals surface area contributed by atoms with Crippen molar-refractivity contribution in [1.82, 2.24) is 10.2 Å². The van der Waals surface area contributed by atoms with Crippen molar-refractivity contribution in [2.24, 2.45) is 0 Å². The van der Waals surface area contributed by atoms with Gasteiger partial charge in [-0.15, -0.1) is 0 Å². The number of ether oxygens (including phenoxy) is 1. The Bertz CT molecular complexity index is 1340. The van der Waals surface area contributed by atoms with Crippen LogP contribution in [0, 0.1) is 6.92 Å². The second-order valence-electron chi connectivity index (χ2n) is 9.52. The largest absolute Gasteiger partial charge is 0.497 e. The van der Waals surface area contributed by atoms with Gasteiger partial charge in [-0.25, -0.2) is 8.42 Å². The van der Waals surface area contributed by atoms with Gasteiger partial charge in [-0.2, -0.15) is 0 Å². The summed E-state index contributed by atoms with van der Waals surface area (Å²) in [5.74, 6) is -0.247. The first-order valence-electron chi connectivity index (χ1n) is 12.9. The molecule has 0 aromatic heterocycles. The molecule has 0 saturated carbocycles. The van der Waals surface area contributed by atoms with Crippen LogP contribution in [0.1, 0.15) is 38.3 Å². The van der Waals surface area contributed by atoms with Gasteiger partial charge < -0.3 is 15.0 Å². The van der Waals surface area contributed by atoms with E-state index in [9.17, 15) is 18.0 Å². The maximum atomic E-state index is 13.9. The van der Waals surface area contributed by atoms with Crippen molar-refractivity contribution < 1.29 is 22.7 Å². The van der Waals surface area contributed by atoms with Crippen LogP contribution in [-0.2, 0) is 26.2 Å². The molecule has 208 valence electrons. The lowest BCUT2D eigenvalue weighted by molar-refractivity contribution is -0.139. The molecule has 3 aromatic rings. The summed E-state index contributed by atoms with van der Waals surface area (Å²) >= 11 is 0. The third kappa shape index (κ3) is 7.60. The van der Waals surface area contributed by atoms with Crippen molar-refractivity contribution in [2.75, 3.05) is 18.0 Å². The van der Waals surface area contributed by atoms with E-state index in [1.54, 1.807) is 49.4 Å². The number of anilines is 1. The standard InChI is InChI=1S/C30H37N3O5S/c1-6-23(3)31-30(35)24(4)32(20-25-14-12-22(2)13-15-25)29(34)21-33(26-16-18-27(38-5)19-17-26)39(36,37)28-10-8-7-9-11-28/h7-19,23-24H,6,20-21H2,1-5H3,(H,31,35)/t23-,24+/m1/s1. The summed E-state index contributed by atoms with van der Waals surface area (Å²) in [5.41, 5.74) is 2.21. The van der Waals surface area contributed by atoms with Crippen LogP contribution in [0.25, 0.3) is 0 Å². The van der Waals surface area contributed by atoms with Crippen molar-refractivity contribution in [2.45, 2.75) is 57.6 Å². The molecular weight excluding hydrogens is 514 g/mol. The van der Waals surface area contributed by atoms with Crippen LogP contribution in [0.3, 0.4) is 0 Å². The minimum Gasteiger partial charge on any atom is -0.497 e.